The fraction of sp³-hybridized carbons (Fsp3) is 0.241. The van der Waals surface area contributed by atoms with E-state index < -0.39 is 0 Å². The summed E-state index contributed by atoms with van der Waals surface area (Å²) in [4.78, 5) is 16.5. The van der Waals surface area contributed by atoms with Crippen LogP contribution < -0.4 is 9.47 Å². The zero-order valence-corrected chi connectivity index (χ0v) is 20.6. The maximum Gasteiger partial charge on any atom is 0.147 e. The van der Waals surface area contributed by atoms with E-state index in [4.69, 9.17) is 24.2 Å². The van der Waals surface area contributed by atoms with Gasteiger partial charge < -0.3 is 24.2 Å². The van der Waals surface area contributed by atoms with Crippen LogP contribution in [0.15, 0.2) is 60.9 Å². The van der Waals surface area contributed by atoms with Gasteiger partial charge in [-0.1, -0.05) is 30.3 Å². The van der Waals surface area contributed by atoms with E-state index in [-0.39, 0.29) is 6.10 Å². The van der Waals surface area contributed by atoms with Crippen LogP contribution in [0, 0.1) is 0 Å². The van der Waals surface area contributed by atoms with Crippen molar-refractivity contribution in [3.8, 4) is 11.5 Å². The predicted molar refractivity (Wildman–Crippen MR) is 143 cm³/mol. The molecule has 0 aliphatic carbocycles. The van der Waals surface area contributed by atoms with E-state index in [1.54, 1.807) is 21.3 Å². The van der Waals surface area contributed by atoms with Crippen LogP contribution in [0.25, 0.3) is 43.6 Å². The number of para-hydroxylation sites is 2. The maximum atomic E-state index is 5.93. The average molecular weight is 481 g/mol. The zero-order valence-electron chi connectivity index (χ0n) is 20.6. The molecule has 0 fully saturated rings. The Kier molecular flexibility index (Phi) is 5.70. The number of aromatic nitrogens is 4. The molecule has 7 nitrogen and oxygen atoms in total. The molecule has 2 aromatic carbocycles. The summed E-state index contributed by atoms with van der Waals surface area (Å²) < 4.78 is 17.2. The lowest BCUT2D eigenvalue weighted by Gasteiger charge is -2.16. The molecule has 182 valence electrons. The van der Waals surface area contributed by atoms with Gasteiger partial charge in [0.15, 0.2) is 0 Å². The smallest absolute Gasteiger partial charge is 0.147 e. The largest absolute Gasteiger partial charge is 0.495 e. The Morgan fingerprint density at radius 2 is 1.61 bits per heavy atom. The van der Waals surface area contributed by atoms with Gasteiger partial charge >= 0.3 is 0 Å². The van der Waals surface area contributed by atoms with Gasteiger partial charge in [-0.3, -0.25) is 9.97 Å². The second-order valence-corrected chi connectivity index (χ2v) is 8.94. The Morgan fingerprint density at radius 1 is 0.778 bits per heavy atom. The van der Waals surface area contributed by atoms with Gasteiger partial charge in [-0.05, 0) is 37.5 Å². The summed E-state index contributed by atoms with van der Waals surface area (Å²) in [6.45, 7) is 0. The van der Waals surface area contributed by atoms with Crippen LogP contribution in [0.4, 0.5) is 0 Å². The van der Waals surface area contributed by atoms with Crippen LogP contribution in [-0.4, -0.2) is 41.3 Å². The lowest BCUT2D eigenvalue weighted by molar-refractivity contribution is 0.0915. The van der Waals surface area contributed by atoms with Gasteiger partial charge in [0.25, 0.3) is 0 Å². The number of hydrogen-bond acceptors (Lipinski definition) is 5. The average Bonchev–Trinajstić information content (AvgIpc) is 3.50. The first-order valence-corrected chi connectivity index (χ1v) is 12.1. The highest BCUT2D eigenvalue weighted by Crippen LogP contribution is 2.38. The number of methoxy groups -OCH3 is 3. The summed E-state index contributed by atoms with van der Waals surface area (Å²) in [6.07, 6.45) is 6.05. The van der Waals surface area contributed by atoms with Crippen LogP contribution in [0.5, 0.6) is 11.5 Å². The van der Waals surface area contributed by atoms with Crippen LogP contribution in [0.3, 0.4) is 0 Å². The van der Waals surface area contributed by atoms with Gasteiger partial charge in [0.2, 0.25) is 0 Å². The Labute approximate surface area is 208 Å². The van der Waals surface area contributed by atoms with Crippen LogP contribution in [0.2, 0.25) is 0 Å². The van der Waals surface area contributed by atoms with Crippen LogP contribution in [0.1, 0.15) is 30.3 Å². The monoisotopic (exact) mass is 480 g/mol. The minimum atomic E-state index is -0.127. The van der Waals surface area contributed by atoms with Crippen molar-refractivity contribution in [2.75, 3.05) is 21.3 Å². The zero-order chi connectivity index (χ0) is 24.6. The number of hydrogen-bond donors (Lipinski definition) is 2. The summed E-state index contributed by atoms with van der Waals surface area (Å²) >= 11 is 0. The predicted octanol–water partition coefficient (Wildman–Crippen LogP) is 6.47. The Hall–Kier alpha value is -4.10. The van der Waals surface area contributed by atoms with E-state index in [0.717, 1.165) is 75.0 Å². The number of nitrogens with one attached hydrogen (secondary N) is 2. The Morgan fingerprint density at radius 3 is 2.44 bits per heavy atom. The van der Waals surface area contributed by atoms with E-state index >= 15 is 0 Å². The van der Waals surface area contributed by atoms with Crippen molar-refractivity contribution < 1.29 is 14.2 Å². The molecule has 36 heavy (non-hydrogen) atoms. The second-order valence-electron chi connectivity index (χ2n) is 8.94. The summed E-state index contributed by atoms with van der Waals surface area (Å²) in [5.74, 6) is 1.55. The van der Waals surface area contributed by atoms with Gasteiger partial charge in [-0.25, -0.2) is 0 Å². The van der Waals surface area contributed by atoms with Crippen molar-refractivity contribution in [1.29, 1.82) is 0 Å². The Bertz CT molecular complexity index is 1700. The van der Waals surface area contributed by atoms with Crippen molar-refractivity contribution in [2.45, 2.75) is 25.4 Å². The third-order valence-corrected chi connectivity index (χ3v) is 7.03. The van der Waals surface area contributed by atoms with E-state index in [1.807, 2.05) is 30.6 Å². The molecule has 2 N–H and O–H groups in total. The van der Waals surface area contributed by atoms with Crippen LogP contribution in [-0.2, 0) is 11.2 Å². The van der Waals surface area contributed by atoms with E-state index in [1.165, 1.54) is 10.8 Å². The number of aromatic amines is 2. The summed E-state index contributed by atoms with van der Waals surface area (Å²) in [6, 6.07) is 16.4. The van der Waals surface area contributed by atoms with E-state index in [2.05, 4.69) is 40.3 Å². The molecule has 4 heterocycles. The quantitative estimate of drug-likeness (QED) is 0.261. The van der Waals surface area contributed by atoms with Crippen molar-refractivity contribution >= 4 is 43.6 Å². The van der Waals surface area contributed by atoms with E-state index in [9.17, 15) is 0 Å². The highest BCUT2D eigenvalue weighted by Gasteiger charge is 2.20. The molecule has 0 radical (unpaired) electrons. The van der Waals surface area contributed by atoms with Gasteiger partial charge in [0.05, 0.1) is 53.7 Å². The summed E-state index contributed by atoms with van der Waals surface area (Å²) in [5, 5.41) is 4.46. The van der Waals surface area contributed by atoms with E-state index in [0.29, 0.717) is 0 Å². The maximum absolute atomic E-state index is 5.93. The van der Waals surface area contributed by atoms with Gasteiger partial charge in [-0.2, -0.15) is 0 Å². The first kappa shape index (κ1) is 22.4. The standard InChI is InChI=1S/C29H28N4O3/c1-34-22-12-6-9-19-25-24(36-3)16-31-21(28(25)33-26(19)22)11-7-13-23(35-2)29-27-18(14-15-30-29)17-8-4-5-10-20(17)32-27/h4-6,8-10,12,14-16,23,32-33H,7,11,13H2,1-3H3. The van der Waals surface area contributed by atoms with Crippen molar-refractivity contribution in [3.63, 3.8) is 0 Å². The molecular weight excluding hydrogens is 452 g/mol. The molecule has 1 atom stereocenters. The summed E-state index contributed by atoms with van der Waals surface area (Å²) in [7, 11) is 5.11. The minimum absolute atomic E-state index is 0.127. The number of aryl methyl sites for hydroxylation is 1. The first-order chi connectivity index (χ1) is 17.7. The number of rotatable bonds is 8. The number of pyridine rings is 2. The highest BCUT2D eigenvalue weighted by atomic mass is 16.5. The number of fused-ring (bicyclic) bond motifs is 6. The molecule has 0 saturated heterocycles. The molecule has 0 saturated carbocycles. The normalized spacial score (nSPS) is 12.6. The van der Waals surface area contributed by atoms with Crippen LogP contribution >= 0.6 is 0 Å². The molecule has 7 heteroatoms. The van der Waals surface area contributed by atoms with Gasteiger partial charge in [-0.15, -0.1) is 0 Å². The molecule has 1 unspecified atom stereocenters. The highest BCUT2D eigenvalue weighted by molar-refractivity contribution is 6.12. The van der Waals surface area contributed by atoms with Crippen molar-refractivity contribution in [3.05, 3.63) is 72.3 Å². The topological polar surface area (TPSA) is 85.0 Å². The third-order valence-electron chi connectivity index (χ3n) is 7.03. The molecule has 6 aromatic rings. The minimum Gasteiger partial charge on any atom is -0.495 e. The SMILES string of the molecule is COc1cccc2c1[nH]c1c(CCCC(OC)c3nccc4c3[nH]c3ccccc34)ncc(OC)c12. The van der Waals surface area contributed by atoms with Crippen molar-refractivity contribution in [1.82, 2.24) is 19.9 Å². The summed E-state index contributed by atoms with van der Waals surface area (Å²) in [5.41, 5.74) is 6.02. The van der Waals surface area contributed by atoms with Gasteiger partial charge in [0, 0.05) is 35.0 Å². The molecule has 4 aromatic heterocycles. The lowest BCUT2D eigenvalue weighted by atomic mass is 10.0. The molecule has 6 rings (SSSR count). The number of ether oxygens (including phenoxy) is 3. The first-order valence-electron chi connectivity index (χ1n) is 12.1. The molecular formula is C29H28N4O3. The molecule has 0 amide bonds. The van der Waals surface area contributed by atoms with Gasteiger partial charge in [0.1, 0.15) is 17.6 Å². The molecule has 0 aliphatic rings. The van der Waals surface area contributed by atoms with Crippen molar-refractivity contribution in [2.24, 2.45) is 0 Å². The lowest BCUT2D eigenvalue weighted by Crippen LogP contribution is -2.06. The Balaban J connectivity index is 1.31. The third kappa shape index (κ3) is 3.55. The number of benzene rings is 2. The fourth-order valence-electron chi connectivity index (χ4n) is 5.30. The second kappa shape index (κ2) is 9.17. The molecule has 0 aliphatic heterocycles. The number of nitrogens with zero attached hydrogens (tertiary/aromatic N) is 2. The molecule has 0 spiro atoms. The fourth-order valence-corrected chi connectivity index (χ4v) is 5.30. The molecule has 0 bridgehead atoms. The number of H-pyrrole nitrogens is 2.